The van der Waals surface area contributed by atoms with E-state index in [1.165, 1.54) is 11.3 Å². The number of pyridine rings is 1. The fourth-order valence-electron chi connectivity index (χ4n) is 1.74. The first-order valence-electron chi connectivity index (χ1n) is 5.61. The van der Waals surface area contributed by atoms with E-state index in [2.05, 4.69) is 15.3 Å². The maximum absolute atomic E-state index is 11.9. The molecule has 1 aliphatic rings. The zero-order valence-electron chi connectivity index (χ0n) is 9.55. The highest BCUT2D eigenvalue weighted by molar-refractivity contribution is 7.15. The lowest BCUT2D eigenvalue weighted by molar-refractivity contribution is 0.102. The summed E-state index contributed by atoms with van der Waals surface area (Å²) in [4.78, 5) is 21.4. The van der Waals surface area contributed by atoms with E-state index in [9.17, 15) is 4.79 Å². The van der Waals surface area contributed by atoms with Gasteiger partial charge in [0.05, 0.1) is 23.8 Å². The number of anilines is 1. The number of carbonyl (C=O) groups excluding carboxylic acids is 1. The number of fused-ring (bicyclic) bond motifs is 1. The standard InChI is InChI=1S/C12H11N3O2S/c16-11(9-3-1-2-5-13-9)15-12-14-8-4-6-17-7-10(8)18-12/h1-3,5H,4,6-7H2,(H,14,15,16). The van der Waals surface area contributed by atoms with Crippen molar-refractivity contribution < 1.29 is 9.53 Å². The van der Waals surface area contributed by atoms with E-state index >= 15 is 0 Å². The van der Waals surface area contributed by atoms with Gasteiger partial charge in [0.25, 0.3) is 5.91 Å². The van der Waals surface area contributed by atoms with Crippen LogP contribution in [0.25, 0.3) is 0 Å². The lowest BCUT2D eigenvalue weighted by atomic mass is 10.2. The van der Waals surface area contributed by atoms with Crippen LogP contribution in [0.2, 0.25) is 0 Å². The van der Waals surface area contributed by atoms with Gasteiger partial charge >= 0.3 is 0 Å². The third-order valence-corrected chi connectivity index (χ3v) is 3.60. The molecule has 3 rings (SSSR count). The van der Waals surface area contributed by atoms with Gasteiger partial charge < -0.3 is 4.74 Å². The minimum absolute atomic E-state index is 0.234. The van der Waals surface area contributed by atoms with Gasteiger partial charge in [-0.3, -0.25) is 15.1 Å². The highest BCUT2D eigenvalue weighted by Gasteiger charge is 2.17. The number of aromatic nitrogens is 2. The molecule has 92 valence electrons. The van der Waals surface area contributed by atoms with Crippen molar-refractivity contribution in [3.05, 3.63) is 40.7 Å². The average Bonchev–Trinajstić information content (AvgIpc) is 2.82. The SMILES string of the molecule is O=C(Nc1nc2c(s1)COCC2)c1ccccn1. The minimum atomic E-state index is -0.234. The predicted octanol–water partition coefficient (Wildman–Crippen LogP) is 1.86. The number of ether oxygens (including phenoxy) is 1. The van der Waals surface area contributed by atoms with E-state index in [-0.39, 0.29) is 5.91 Å². The Balaban J connectivity index is 1.77. The molecule has 3 heterocycles. The van der Waals surface area contributed by atoms with Crippen LogP contribution in [0, 0.1) is 0 Å². The van der Waals surface area contributed by atoms with Crippen molar-refractivity contribution in [2.24, 2.45) is 0 Å². The van der Waals surface area contributed by atoms with Crippen LogP contribution in [0.5, 0.6) is 0 Å². The Morgan fingerprint density at radius 1 is 1.44 bits per heavy atom. The summed E-state index contributed by atoms with van der Waals surface area (Å²) >= 11 is 1.46. The van der Waals surface area contributed by atoms with Crippen LogP contribution < -0.4 is 5.32 Å². The summed E-state index contributed by atoms with van der Waals surface area (Å²) in [5, 5.41) is 3.38. The Labute approximate surface area is 108 Å². The van der Waals surface area contributed by atoms with Gasteiger partial charge in [-0.1, -0.05) is 17.4 Å². The molecular formula is C12H11N3O2S. The molecule has 0 unspecified atom stereocenters. The number of carbonyl (C=O) groups is 1. The molecule has 0 atom stereocenters. The minimum Gasteiger partial charge on any atom is -0.375 e. The maximum Gasteiger partial charge on any atom is 0.276 e. The van der Waals surface area contributed by atoms with Gasteiger partial charge in [-0.15, -0.1) is 0 Å². The highest BCUT2D eigenvalue weighted by Crippen LogP contribution is 2.27. The van der Waals surface area contributed by atoms with Gasteiger partial charge in [0.1, 0.15) is 5.69 Å². The van der Waals surface area contributed by atoms with Crippen LogP contribution >= 0.6 is 11.3 Å². The van der Waals surface area contributed by atoms with E-state index in [1.54, 1.807) is 24.4 Å². The number of hydrogen-bond acceptors (Lipinski definition) is 5. The number of thiazole rings is 1. The van der Waals surface area contributed by atoms with E-state index in [4.69, 9.17) is 4.74 Å². The van der Waals surface area contributed by atoms with Crippen molar-refractivity contribution in [3.8, 4) is 0 Å². The summed E-state index contributed by atoms with van der Waals surface area (Å²) in [7, 11) is 0. The number of hydrogen-bond donors (Lipinski definition) is 1. The molecule has 6 heteroatoms. The van der Waals surface area contributed by atoms with Crippen molar-refractivity contribution in [2.75, 3.05) is 11.9 Å². The molecule has 1 N–H and O–H groups in total. The summed E-state index contributed by atoms with van der Waals surface area (Å²) in [6.45, 7) is 1.29. The van der Waals surface area contributed by atoms with E-state index < -0.39 is 0 Å². The second kappa shape index (κ2) is 4.83. The third kappa shape index (κ3) is 2.25. The van der Waals surface area contributed by atoms with Crippen LogP contribution in [0.1, 0.15) is 21.1 Å². The first-order chi connectivity index (χ1) is 8.83. The number of amides is 1. The molecule has 0 fully saturated rings. The van der Waals surface area contributed by atoms with Crippen LogP contribution in [0.4, 0.5) is 5.13 Å². The Kier molecular flexibility index (Phi) is 3.04. The van der Waals surface area contributed by atoms with Crippen LogP contribution in [0.3, 0.4) is 0 Å². The molecule has 0 bridgehead atoms. The summed E-state index contributed by atoms with van der Waals surface area (Å²) in [6.07, 6.45) is 2.40. The quantitative estimate of drug-likeness (QED) is 0.896. The topological polar surface area (TPSA) is 64.1 Å². The van der Waals surface area contributed by atoms with Crippen molar-refractivity contribution in [1.29, 1.82) is 0 Å². The van der Waals surface area contributed by atoms with Crippen LogP contribution in [-0.4, -0.2) is 22.5 Å². The Morgan fingerprint density at radius 2 is 2.39 bits per heavy atom. The summed E-state index contributed by atoms with van der Waals surface area (Å²) < 4.78 is 5.34. The Morgan fingerprint density at radius 3 is 3.17 bits per heavy atom. The third-order valence-electron chi connectivity index (χ3n) is 2.61. The molecule has 0 radical (unpaired) electrons. The predicted molar refractivity (Wildman–Crippen MR) is 67.7 cm³/mol. The lowest BCUT2D eigenvalue weighted by Gasteiger charge is -2.08. The molecule has 0 saturated carbocycles. The van der Waals surface area contributed by atoms with Gasteiger partial charge in [0, 0.05) is 12.6 Å². The molecule has 1 aliphatic heterocycles. The van der Waals surface area contributed by atoms with Crippen molar-refractivity contribution in [2.45, 2.75) is 13.0 Å². The van der Waals surface area contributed by atoms with E-state index in [1.807, 2.05) is 0 Å². The Hall–Kier alpha value is -1.79. The van der Waals surface area contributed by atoms with Gasteiger partial charge in [-0.2, -0.15) is 0 Å². The summed E-state index contributed by atoms with van der Waals surface area (Å²) in [5.74, 6) is -0.234. The second-order valence-electron chi connectivity index (χ2n) is 3.86. The number of nitrogens with one attached hydrogen (secondary N) is 1. The fraction of sp³-hybridized carbons (Fsp3) is 0.250. The first kappa shape index (κ1) is 11.3. The fourth-order valence-corrected chi connectivity index (χ4v) is 2.68. The molecule has 0 aliphatic carbocycles. The van der Waals surface area contributed by atoms with Gasteiger partial charge in [0.2, 0.25) is 0 Å². The molecule has 5 nitrogen and oxygen atoms in total. The van der Waals surface area contributed by atoms with Crippen LogP contribution in [0.15, 0.2) is 24.4 Å². The zero-order chi connectivity index (χ0) is 12.4. The summed E-state index contributed by atoms with van der Waals surface area (Å²) in [5.41, 5.74) is 1.42. The molecule has 2 aromatic heterocycles. The molecule has 0 saturated heterocycles. The molecule has 18 heavy (non-hydrogen) atoms. The monoisotopic (exact) mass is 261 g/mol. The molecular weight excluding hydrogens is 250 g/mol. The van der Waals surface area contributed by atoms with Crippen molar-refractivity contribution in [3.63, 3.8) is 0 Å². The number of rotatable bonds is 2. The Bertz CT molecular complexity index is 544. The van der Waals surface area contributed by atoms with E-state index in [0.29, 0.717) is 24.0 Å². The number of nitrogens with zero attached hydrogens (tertiary/aromatic N) is 2. The molecule has 0 aromatic carbocycles. The average molecular weight is 261 g/mol. The highest BCUT2D eigenvalue weighted by atomic mass is 32.1. The lowest BCUT2D eigenvalue weighted by Crippen LogP contribution is -2.13. The van der Waals surface area contributed by atoms with Gasteiger partial charge in [-0.25, -0.2) is 4.98 Å². The van der Waals surface area contributed by atoms with Crippen molar-refractivity contribution >= 4 is 22.4 Å². The van der Waals surface area contributed by atoms with Crippen LogP contribution in [-0.2, 0) is 17.8 Å². The van der Waals surface area contributed by atoms with Crippen molar-refractivity contribution in [1.82, 2.24) is 9.97 Å². The second-order valence-corrected chi connectivity index (χ2v) is 4.94. The smallest absolute Gasteiger partial charge is 0.276 e. The molecule has 1 amide bonds. The zero-order valence-corrected chi connectivity index (χ0v) is 10.4. The molecule has 0 spiro atoms. The largest absolute Gasteiger partial charge is 0.375 e. The molecule has 2 aromatic rings. The summed E-state index contributed by atoms with van der Waals surface area (Å²) in [6, 6.07) is 5.23. The van der Waals surface area contributed by atoms with Gasteiger partial charge in [0.15, 0.2) is 5.13 Å². The first-order valence-corrected chi connectivity index (χ1v) is 6.43. The normalized spacial score (nSPS) is 14.0. The maximum atomic E-state index is 11.9. The van der Waals surface area contributed by atoms with E-state index in [0.717, 1.165) is 17.0 Å². The van der Waals surface area contributed by atoms with Gasteiger partial charge in [-0.05, 0) is 12.1 Å².